The molecule has 4 nitrogen and oxygen atoms in total. The fraction of sp³-hybridized carbons (Fsp3) is 0.941. The fourth-order valence-electron chi connectivity index (χ4n) is 3.77. The lowest BCUT2D eigenvalue weighted by molar-refractivity contribution is -0.127. The lowest BCUT2D eigenvalue weighted by Crippen LogP contribution is -2.52. The minimum atomic E-state index is -0.0345. The normalized spacial score (nSPS) is 23.6. The van der Waals surface area contributed by atoms with E-state index >= 15 is 0 Å². The second-order valence-corrected chi connectivity index (χ2v) is 7.14. The predicted octanol–water partition coefficient (Wildman–Crippen LogP) is 2.57. The quantitative estimate of drug-likeness (QED) is 0.785. The van der Waals surface area contributed by atoms with E-state index < -0.39 is 0 Å². The van der Waals surface area contributed by atoms with Gasteiger partial charge in [0, 0.05) is 25.1 Å². The van der Waals surface area contributed by atoms with Crippen LogP contribution in [-0.2, 0) is 9.53 Å². The van der Waals surface area contributed by atoms with E-state index in [9.17, 15) is 4.79 Å². The molecule has 2 fully saturated rings. The molecule has 1 amide bonds. The summed E-state index contributed by atoms with van der Waals surface area (Å²) in [5.74, 6) is 0.172. The summed E-state index contributed by atoms with van der Waals surface area (Å²) in [5, 5.41) is 3.17. The van der Waals surface area contributed by atoms with E-state index in [0.29, 0.717) is 6.04 Å². The van der Waals surface area contributed by atoms with Crippen molar-refractivity contribution in [3.05, 3.63) is 0 Å². The molecule has 21 heavy (non-hydrogen) atoms. The number of nitrogens with one attached hydrogen (secondary N) is 1. The number of carbonyl (C=O) groups excluding carboxylic acids is 1. The van der Waals surface area contributed by atoms with Gasteiger partial charge in [0.25, 0.3) is 0 Å². The highest BCUT2D eigenvalue weighted by atomic mass is 16.5. The van der Waals surface area contributed by atoms with Gasteiger partial charge in [-0.1, -0.05) is 25.7 Å². The van der Waals surface area contributed by atoms with Crippen molar-refractivity contribution in [3.8, 4) is 0 Å². The minimum absolute atomic E-state index is 0.0345. The number of nitrogens with zero attached hydrogens (tertiary/aromatic N) is 1. The second-order valence-electron chi connectivity index (χ2n) is 7.14. The van der Waals surface area contributed by atoms with Crippen molar-refractivity contribution in [2.75, 3.05) is 27.3 Å². The smallest absolute Gasteiger partial charge is 0.237 e. The van der Waals surface area contributed by atoms with Gasteiger partial charge in [-0.05, 0) is 39.7 Å². The Kier molecular flexibility index (Phi) is 6.06. The highest BCUT2D eigenvalue weighted by Gasteiger charge is 2.37. The molecule has 122 valence electrons. The van der Waals surface area contributed by atoms with Crippen molar-refractivity contribution < 1.29 is 9.53 Å². The summed E-state index contributed by atoms with van der Waals surface area (Å²) in [7, 11) is 3.86. The first-order valence-electron chi connectivity index (χ1n) is 8.56. The third kappa shape index (κ3) is 4.19. The molecule has 0 aromatic heterocycles. The maximum absolute atomic E-state index is 12.4. The summed E-state index contributed by atoms with van der Waals surface area (Å²) in [6, 6.07) is 0.545. The van der Waals surface area contributed by atoms with E-state index in [1.807, 2.05) is 6.92 Å². The molecule has 2 aliphatic carbocycles. The Hall–Kier alpha value is -0.610. The number of hydrogen-bond donors (Lipinski definition) is 1. The highest BCUT2D eigenvalue weighted by molar-refractivity contribution is 5.81. The zero-order valence-electron chi connectivity index (χ0n) is 14.0. The van der Waals surface area contributed by atoms with Crippen LogP contribution in [0.3, 0.4) is 0 Å². The molecule has 0 saturated heterocycles. The molecule has 0 heterocycles. The largest absolute Gasteiger partial charge is 0.384 e. The number of methoxy groups -OCH3 is 1. The standard InChI is InChI=1S/C17H32N2O2/c1-14(19(2)15-8-5-4-6-9-15)16(20)18-12-17(13-21-3)10-7-11-17/h14-15H,4-13H2,1-3H3,(H,18,20). The lowest BCUT2D eigenvalue weighted by atomic mass is 9.69. The predicted molar refractivity (Wildman–Crippen MR) is 85.3 cm³/mol. The van der Waals surface area contributed by atoms with Crippen LogP contribution in [-0.4, -0.2) is 50.2 Å². The Morgan fingerprint density at radius 2 is 1.95 bits per heavy atom. The third-order valence-corrected chi connectivity index (χ3v) is 5.64. The van der Waals surface area contributed by atoms with Gasteiger partial charge in [0.05, 0.1) is 12.6 Å². The third-order valence-electron chi connectivity index (χ3n) is 5.64. The van der Waals surface area contributed by atoms with Gasteiger partial charge >= 0.3 is 0 Å². The van der Waals surface area contributed by atoms with Crippen LogP contribution in [0.2, 0.25) is 0 Å². The number of amides is 1. The molecule has 1 N–H and O–H groups in total. The van der Waals surface area contributed by atoms with Gasteiger partial charge in [-0.15, -0.1) is 0 Å². The van der Waals surface area contributed by atoms with E-state index in [0.717, 1.165) is 13.2 Å². The SMILES string of the molecule is COCC1(CNC(=O)C(C)N(C)C2CCCCC2)CCC1. The molecular formula is C17H32N2O2. The van der Waals surface area contributed by atoms with Crippen LogP contribution in [0.25, 0.3) is 0 Å². The van der Waals surface area contributed by atoms with Gasteiger partial charge in [-0.25, -0.2) is 0 Å². The number of rotatable bonds is 7. The van der Waals surface area contributed by atoms with E-state index in [4.69, 9.17) is 4.74 Å². The molecule has 2 rings (SSSR count). The summed E-state index contributed by atoms with van der Waals surface area (Å²) < 4.78 is 5.32. The molecule has 0 aromatic carbocycles. The van der Waals surface area contributed by atoms with Gasteiger partial charge in [-0.3, -0.25) is 9.69 Å². The molecule has 0 aliphatic heterocycles. The maximum Gasteiger partial charge on any atom is 0.237 e. The first-order chi connectivity index (χ1) is 10.1. The highest BCUT2D eigenvalue weighted by Crippen LogP contribution is 2.40. The average Bonchev–Trinajstić information content (AvgIpc) is 2.48. The van der Waals surface area contributed by atoms with Crippen LogP contribution in [0.15, 0.2) is 0 Å². The first kappa shape index (κ1) is 16.8. The van der Waals surface area contributed by atoms with Crippen LogP contribution >= 0.6 is 0 Å². The molecule has 1 atom stereocenters. The summed E-state index contributed by atoms with van der Waals surface area (Å²) in [5.41, 5.74) is 0.202. The number of carbonyl (C=O) groups is 1. The van der Waals surface area contributed by atoms with Crippen molar-refractivity contribution in [1.29, 1.82) is 0 Å². The topological polar surface area (TPSA) is 41.6 Å². The molecule has 1 unspecified atom stereocenters. The zero-order valence-corrected chi connectivity index (χ0v) is 14.0. The Bertz CT molecular complexity index is 336. The maximum atomic E-state index is 12.4. The number of ether oxygens (including phenoxy) is 1. The molecule has 0 spiro atoms. The van der Waals surface area contributed by atoms with E-state index in [1.54, 1.807) is 7.11 Å². The van der Waals surface area contributed by atoms with Crippen molar-refractivity contribution in [1.82, 2.24) is 10.2 Å². The monoisotopic (exact) mass is 296 g/mol. The van der Waals surface area contributed by atoms with E-state index in [2.05, 4.69) is 17.3 Å². The lowest BCUT2D eigenvalue weighted by Gasteiger charge is -2.42. The van der Waals surface area contributed by atoms with Gasteiger partial charge in [0.2, 0.25) is 5.91 Å². The summed E-state index contributed by atoms with van der Waals surface area (Å²) in [4.78, 5) is 14.7. The minimum Gasteiger partial charge on any atom is -0.384 e. The van der Waals surface area contributed by atoms with Gasteiger partial charge in [-0.2, -0.15) is 0 Å². The average molecular weight is 296 g/mol. The summed E-state index contributed by atoms with van der Waals surface area (Å²) in [6.07, 6.45) is 10.0. The fourth-order valence-corrected chi connectivity index (χ4v) is 3.77. The van der Waals surface area contributed by atoms with Crippen LogP contribution < -0.4 is 5.32 Å². The second kappa shape index (κ2) is 7.59. The summed E-state index contributed by atoms with van der Waals surface area (Å²) >= 11 is 0. The Balaban J connectivity index is 1.78. The van der Waals surface area contributed by atoms with Gasteiger partial charge in [0.1, 0.15) is 0 Å². The molecule has 2 aliphatic rings. The van der Waals surface area contributed by atoms with Gasteiger partial charge in [0.15, 0.2) is 0 Å². The van der Waals surface area contributed by atoms with Crippen LogP contribution in [0.1, 0.15) is 58.3 Å². The van der Waals surface area contributed by atoms with Crippen molar-refractivity contribution in [2.45, 2.75) is 70.4 Å². The molecule has 0 radical (unpaired) electrons. The van der Waals surface area contributed by atoms with Crippen LogP contribution in [0.4, 0.5) is 0 Å². The molecule has 0 bridgehead atoms. The number of likely N-dealkylation sites (N-methyl/N-ethyl adjacent to an activating group) is 1. The first-order valence-corrected chi connectivity index (χ1v) is 8.56. The molecular weight excluding hydrogens is 264 g/mol. The van der Waals surface area contributed by atoms with Gasteiger partial charge < -0.3 is 10.1 Å². The summed E-state index contributed by atoms with van der Waals surface area (Å²) in [6.45, 7) is 3.57. The number of hydrogen-bond acceptors (Lipinski definition) is 3. The van der Waals surface area contributed by atoms with Crippen molar-refractivity contribution >= 4 is 5.91 Å². The van der Waals surface area contributed by atoms with Crippen LogP contribution in [0, 0.1) is 5.41 Å². The van der Waals surface area contributed by atoms with Crippen molar-refractivity contribution in [2.24, 2.45) is 5.41 Å². The van der Waals surface area contributed by atoms with E-state index in [1.165, 1.54) is 51.4 Å². The van der Waals surface area contributed by atoms with Crippen LogP contribution in [0.5, 0.6) is 0 Å². The Labute approximate surface area is 129 Å². The van der Waals surface area contributed by atoms with Crippen molar-refractivity contribution in [3.63, 3.8) is 0 Å². The Morgan fingerprint density at radius 1 is 1.29 bits per heavy atom. The molecule has 0 aromatic rings. The molecule has 2 saturated carbocycles. The molecule has 4 heteroatoms. The Morgan fingerprint density at radius 3 is 2.48 bits per heavy atom. The van der Waals surface area contributed by atoms with E-state index in [-0.39, 0.29) is 17.4 Å². The zero-order chi connectivity index (χ0) is 15.3.